The Kier molecular flexibility index (Phi) is 5.56. The summed E-state index contributed by atoms with van der Waals surface area (Å²) in [6, 6.07) is 3.30. The minimum atomic E-state index is -3.56. The van der Waals surface area contributed by atoms with Gasteiger partial charge in [0, 0.05) is 20.1 Å². The van der Waals surface area contributed by atoms with Crippen LogP contribution >= 0.6 is 27.3 Å². The first-order valence-corrected chi connectivity index (χ1v) is 10.8. The maximum absolute atomic E-state index is 12.7. The van der Waals surface area contributed by atoms with Gasteiger partial charge in [-0.15, -0.1) is 21.5 Å². The number of hydrogen-bond acceptors (Lipinski definition) is 6. The van der Waals surface area contributed by atoms with Crippen LogP contribution in [0.5, 0.6) is 0 Å². The van der Waals surface area contributed by atoms with E-state index in [-0.39, 0.29) is 24.9 Å². The maximum Gasteiger partial charge on any atom is 0.252 e. The van der Waals surface area contributed by atoms with Crippen molar-refractivity contribution < 1.29 is 13.2 Å². The van der Waals surface area contributed by atoms with Crippen LogP contribution < -0.4 is 5.32 Å². The first-order valence-electron chi connectivity index (χ1n) is 7.74. The fourth-order valence-corrected chi connectivity index (χ4v) is 6.40. The van der Waals surface area contributed by atoms with Crippen molar-refractivity contribution in [1.82, 2.24) is 24.4 Å². The Morgan fingerprint density at radius 1 is 1.48 bits per heavy atom. The molecule has 3 rings (SSSR count). The van der Waals surface area contributed by atoms with Crippen molar-refractivity contribution in [3.63, 3.8) is 0 Å². The van der Waals surface area contributed by atoms with E-state index in [4.69, 9.17) is 0 Å². The Morgan fingerprint density at radius 3 is 2.92 bits per heavy atom. The van der Waals surface area contributed by atoms with Gasteiger partial charge >= 0.3 is 0 Å². The Balaban J connectivity index is 1.64. The molecule has 8 nitrogen and oxygen atoms in total. The molecule has 1 N–H and O–H groups in total. The van der Waals surface area contributed by atoms with Crippen LogP contribution in [0.2, 0.25) is 0 Å². The summed E-state index contributed by atoms with van der Waals surface area (Å²) < 4.78 is 29.6. The smallest absolute Gasteiger partial charge is 0.252 e. The van der Waals surface area contributed by atoms with Gasteiger partial charge in [0.15, 0.2) is 5.82 Å². The van der Waals surface area contributed by atoms with Crippen LogP contribution in [-0.4, -0.2) is 46.5 Å². The van der Waals surface area contributed by atoms with Crippen molar-refractivity contribution in [3.05, 3.63) is 28.1 Å². The molecule has 0 saturated carbocycles. The molecule has 1 aliphatic rings. The number of carbonyl (C=O) groups excluding carboxylic acids is 1. The van der Waals surface area contributed by atoms with Gasteiger partial charge < -0.3 is 9.88 Å². The van der Waals surface area contributed by atoms with Crippen LogP contribution in [0.1, 0.15) is 18.7 Å². The van der Waals surface area contributed by atoms with Crippen LogP contribution in [0.3, 0.4) is 0 Å². The number of aromatic nitrogens is 3. The number of nitrogens with zero attached hydrogens (tertiary/aromatic N) is 4. The second kappa shape index (κ2) is 7.52. The van der Waals surface area contributed by atoms with Gasteiger partial charge in [-0.25, -0.2) is 8.42 Å². The molecule has 2 aromatic rings. The number of nitrogens with one attached hydrogen (secondary N) is 1. The molecular weight excluding hydrogens is 430 g/mol. The number of amides is 1. The highest BCUT2D eigenvalue weighted by Crippen LogP contribution is 2.30. The number of hydrogen-bond donors (Lipinski definition) is 1. The molecule has 1 fully saturated rings. The van der Waals surface area contributed by atoms with Crippen molar-refractivity contribution in [1.29, 1.82) is 0 Å². The third-order valence-corrected chi connectivity index (χ3v) is 8.08. The molecule has 11 heteroatoms. The summed E-state index contributed by atoms with van der Waals surface area (Å²) >= 11 is 4.46. The third kappa shape index (κ3) is 4.10. The SMILES string of the molecule is Cn1cnnc1CNC(=O)[C@H]1CCCN(S(=O)(=O)c2ccc(Br)s2)C1. The largest absolute Gasteiger partial charge is 0.349 e. The number of piperidine rings is 1. The Labute approximate surface area is 158 Å². The number of thiophene rings is 1. The molecular formula is C14H18BrN5O3S2. The normalized spacial score (nSPS) is 19.0. The van der Waals surface area contributed by atoms with Crippen LogP contribution in [0.4, 0.5) is 0 Å². The summed E-state index contributed by atoms with van der Waals surface area (Å²) in [6.07, 6.45) is 2.90. The van der Waals surface area contributed by atoms with E-state index < -0.39 is 10.0 Å². The van der Waals surface area contributed by atoms with Gasteiger partial charge in [-0.05, 0) is 40.9 Å². The molecule has 0 unspecified atom stereocenters. The predicted molar refractivity (Wildman–Crippen MR) is 96.4 cm³/mol. The lowest BCUT2D eigenvalue weighted by molar-refractivity contribution is -0.126. The fourth-order valence-electron chi connectivity index (χ4n) is 2.72. The topological polar surface area (TPSA) is 97.2 Å². The van der Waals surface area contributed by atoms with E-state index in [0.717, 1.165) is 3.79 Å². The maximum atomic E-state index is 12.7. The van der Waals surface area contributed by atoms with Gasteiger partial charge in [-0.2, -0.15) is 4.31 Å². The van der Waals surface area contributed by atoms with Gasteiger partial charge in [-0.3, -0.25) is 4.79 Å². The van der Waals surface area contributed by atoms with Gasteiger partial charge in [0.2, 0.25) is 5.91 Å². The number of sulfonamides is 1. The van der Waals surface area contributed by atoms with Gasteiger partial charge in [0.25, 0.3) is 10.0 Å². The molecule has 1 aliphatic heterocycles. The van der Waals surface area contributed by atoms with Crippen molar-refractivity contribution in [2.45, 2.75) is 23.6 Å². The Morgan fingerprint density at radius 2 is 2.28 bits per heavy atom. The minimum Gasteiger partial charge on any atom is -0.349 e. The Bertz CT molecular complexity index is 863. The van der Waals surface area contributed by atoms with Crippen molar-refractivity contribution in [2.75, 3.05) is 13.1 Å². The summed E-state index contributed by atoms with van der Waals surface area (Å²) in [5.41, 5.74) is 0. The molecule has 1 atom stereocenters. The number of halogens is 1. The zero-order valence-corrected chi connectivity index (χ0v) is 16.8. The molecule has 3 heterocycles. The molecule has 0 radical (unpaired) electrons. The number of carbonyl (C=O) groups is 1. The molecule has 1 amide bonds. The summed E-state index contributed by atoms with van der Waals surface area (Å²) in [4.78, 5) is 12.4. The standard InChI is InChI=1S/C14H18BrN5O3S2/c1-19-9-17-18-12(19)7-16-14(21)10-3-2-6-20(8-10)25(22,23)13-5-4-11(15)24-13/h4-5,9-10H,2-3,6-8H2,1H3,(H,16,21)/t10-/m0/s1. The summed E-state index contributed by atoms with van der Waals surface area (Å²) in [5.74, 6) is 0.132. The highest BCUT2D eigenvalue weighted by atomic mass is 79.9. The minimum absolute atomic E-state index is 0.157. The average Bonchev–Trinajstić information content (AvgIpc) is 3.21. The first kappa shape index (κ1) is 18.5. The first-order chi connectivity index (χ1) is 11.9. The van der Waals surface area contributed by atoms with Crippen LogP contribution in [0, 0.1) is 5.92 Å². The van der Waals surface area contributed by atoms with E-state index in [2.05, 4.69) is 31.4 Å². The van der Waals surface area contributed by atoms with E-state index in [9.17, 15) is 13.2 Å². The summed E-state index contributed by atoms with van der Waals surface area (Å²) in [7, 11) is -1.76. The lowest BCUT2D eigenvalue weighted by Gasteiger charge is -2.30. The average molecular weight is 448 g/mol. The van der Waals surface area contributed by atoms with E-state index >= 15 is 0 Å². The second-order valence-electron chi connectivity index (χ2n) is 5.84. The highest BCUT2D eigenvalue weighted by Gasteiger charge is 2.34. The van der Waals surface area contributed by atoms with Crippen molar-refractivity contribution in [3.8, 4) is 0 Å². The number of rotatable bonds is 5. The summed E-state index contributed by atoms with van der Waals surface area (Å²) in [6.45, 7) is 0.907. The zero-order valence-electron chi connectivity index (χ0n) is 13.6. The zero-order chi connectivity index (χ0) is 18.0. The monoisotopic (exact) mass is 447 g/mol. The van der Waals surface area contributed by atoms with Crippen molar-refractivity contribution >= 4 is 43.2 Å². The third-order valence-electron chi connectivity index (χ3n) is 4.12. The van der Waals surface area contributed by atoms with E-state index in [0.29, 0.717) is 29.4 Å². The van der Waals surface area contributed by atoms with Crippen LogP contribution in [0.15, 0.2) is 26.5 Å². The molecule has 136 valence electrons. The van der Waals surface area contributed by atoms with E-state index in [1.54, 1.807) is 30.1 Å². The fraction of sp³-hybridized carbons (Fsp3) is 0.500. The van der Waals surface area contributed by atoms with Gasteiger partial charge in [-0.1, -0.05) is 0 Å². The van der Waals surface area contributed by atoms with Gasteiger partial charge in [0.05, 0.1) is 16.2 Å². The molecule has 0 spiro atoms. The second-order valence-corrected chi connectivity index (χ2v) is 10.5. The molecule has 1 saturated heterocycles. The molecule has 2 aromatic heterocycles. The van der Waals surface area contributed by atoms with Crippen molar-refractivity contribution in [2.24, 2.45) is 13.0 Å². The van der Waals surface area contributed by atoms with Crippen LogP contribution in [0.25, 0.3) is 0 Å². The molecule has 25 heavy (non-hydrogen) atoms. The highest BCUT2D eigenvalue weighted by molar-refractivity contribution is 9.11. The summed E-state index contributed by atoms with van der Waals surface area (Å²) in [5, 5.41) is 10.5. The van der Waals surface area contributed by atoms with Gasteiger partial charge in [0.1, 0.15) is 10.5 Å². The number of aryl methyl sites for hydroxylation is 1. The van der Waals surface area contributed by atoms with E-state index in [1.807, 2.05) is 0 Å². The predicted octanol–water partition coefficient (Wildman–Crippen LogP) is 1.36. The molecule has 0 bridgehead atoms. The lowest BCUT2D eigenvalue weighted by Crippen LogP contribution is -2.45. The molecule has 0 aromatic carbocycles. The van der Waals surface area contributed by atoms with E-state index in [1.165, 1.54) is 15.6 Å². The Hall–Kier alpha value is -1.30. The quantitative estimate of drug-likeness (QED) is 0.745. The van der Waals surface area contributed by atoms with Crippen LogP contribution in [-0.2, 0) is 28.4 Å². The lowest BCUT2D eigenvalue weighted by atomic mass is 9.99. The molecule has 0 aliphatic carbocycles.